The van der Waals surface area contributed by atoms with Crippen molar-refractivity contribution >= 4 is 16.6 Å². The van der Waals surface area contributed by atoms with Crippen molar-refractivity contribution < 1.29 is 26.3 Å². The Morgan fingerprint density at radius 1 is 1.11 bits per heavy atom. The van der Waals surface area contributed by atoms with Gasteiger partial charge in [-0.05, 0) is 13.0 Å². The van der Waals surface area contributed by atoms with E-state index < -0.39 is 51.5 Å². The Bertz CT molecular complexity index is 677. The van der Waals surface area contributed by atoms with Crippen LogP contribution in [0.3, 0.4) is 0 Å². The van der Waals surface area contributed by atoms with Gasteiger partial charge in [0.1, 0.15) is 11.2 Å². The minimum atomic E-state index is -4.87. The highest BCUT2D eigenvalue weighted by Gasteiger charge is 2.36. The van der Waals surface area contributed by atoms with E-state index in [0.29, 0.717) is 6.07 Å². The fourth-order valence-electron chi connectivity index (χ4n) is 1.70. The fraction of sp³-hybridized carbons (Fsp3) is 0.182. The Labute approximate surface area is 102 Å². The summed E-state index contributed by atoms with van der Waals surface area (Å²) >= 11 is 0. The summed E-state index contributed by atoms with van der Waals surface area (Å²) in [6.45, 7) is 1.02. The van der Waals surface area contributed by atoms with Crippen molar-refractivity contribution in [2.24, 2.45) is 0 Å². The minimum absolute atomic E-state index is 0.401. The molecule has 0 saturated heterocycles. The number of fused-ring (bicyclic) bond motifs is 1. The lowest BCUT2D eigenvalue weighted by molar-refractivity contribution is -0.141. The lowest BCUT2D eigenvalue weighted by Crippen LogP contribution is -2.13. The number of halogens is 6. The van der Waals surface area contributed by atoms with Crippen molar-refractivity contribution in [2.45, 2.75) is 13.1 Å². The largest absolute Gasteiger partial charge is 0.433 e. The lowest BCUT2D eigenvalue weighted by atomic mass is 10.1. The molecule has 0 aliphatic carbocycles. The number of nitrogen functional groups attached to an aromatic ring is 1. The fourth-order valence-corrected chi connectivity index (χ4v) is 1.70. The smallest absolute Gasteiger partial charge is 0.398 e. The molecule has 2 aromatic rings. The summed E-state index contributed by atoms with van der Waals surface area (Å²) in [5, 5.41) is -0.401. The highest BCUT2D eigenvalue weighted by Crippen LogP contribution is 2.37. The van der Waals surface area contributed by atoms with Gasteiger partial charge in [0.25, 0.3) is 0 Å². The standard InChI is InChI=1S/C11H6F6N2/c1-3-8(18)4-2-5(12)6(13)7(14)9(4)19-10(3)11(15,16)17/h2H,1H3,(H2,18,19). The average molecular weight is 280 g/mol. The van der Waals surface area contributed by atoms with Gasteiger partial charge in [-0.15, -0.1) is 0 Å². The summed E-state index contributed by atoms with van der Waals surface area (Å²) in [6.07, 6.45) is -4.87. The molecule has 2 nitrogen and oxygen atoms in total. The van der Waals surface area contributed by atoms with Gasteiger partial charge < -0.3 is 5.73 Å². The molecule has 0 fully saturated rings. The third-order valence-electron chi connectivity index (χ3n) is 2.68. The Balaban J connectivity index is 2.98. The van der Waals surface area contributed by atoms with Crippen LogP contribution in [0.15, 0.2) is 6.07 Å². The van der Waals surface area contributed by atoms with Gasteiger partial charge >= 0.3 is 6.18 Å². The van der Waals surface area contributed by atoms with Gasteiger partial charge in [0.15, 0.2) is 17.5 Å². The molecule has 0 radical (unpaired) electrons. The number of alkyl halides is 3. The van der Waals surface area contributed by atoms with Crippen LogP contribution in [-0.2, 0) is 6.18 Å². The van der Waals surface area contributed by atoms with Crippen LogP contribution in [0.2, 0.25) is 0 Å². The lowest BCUT2D eigenvalue weighted by Gasteiger charge is -2.14. The van der Waals surface area contributed by atoms with Crippen LogP contribution in [0.5, 0.6) is 0 Å². The van der Waals surface area contributed by atoms with E-state index in [4.69, 9.17) is 5.73 Å². The van der Waals surface area contributed by atoms with Gasteiger partial charge in [0.2, 0.25) is 0 Å². The van der Waals surface area contributed by atoms with Crippen LogP contribution in [0.4, 0.5) is 32.0 Å². The Morgan fingerprint density at radius 3 is 2.21 bits per heavy atom. The normalized spacial score (nSPS) is 12.2. The number of nitrogens with zero attached hydrogens (tertiary/aromatic N) is 1. The van der Waals surface area contributed by atoms with Gasteiger partial charge in [-0.3, -0.25) is 0 Å². The average Bonchev–Trinajstić information content (AvgIpc) is 2.30. The topological polar surface area (TPSA) is 38.9 Å². The van der Waals surface area contributed by atoms with Crippen molar-refractivity contribution in [1.82, 2.24) is 4.98 Å². The summed E-state index contributed by atoms with van der Waals surface area (Å²) in [4.78, 5) is 3.02. The first-order valence-corrected chi connectivity index (χ1v) is 4.95. The summed E-state index contributed by atoms with van der Waals surface area (Å²) in [5.41, 5.74) is 2.07. The summed E-state index contributed by atoms with van der Waals surface area (Å²) in [6, 6.07) is 0.517. The van der Waals surface area contributed by atoms with E-state index in [9.17, 15) is 26.3 Å². The summed E-state index contributed by atoms with van der Waals surface area (Å²) < 4.78 is 77.5. The molecule has 0 aliphatic heterocycles. The Kier molecular flexibility index (Phi) is 2.83. The molecule has 0 saturated carbocycles. The SMILES string of the molecule is Cc1c(C(F)(F)F)nc2c(F)c(F)c(F)cc2c1N. The first kappa shape index (κ1) is 13.4. The van der Waals surface area contributed by atoms with Gasteiger partial charge in [0, 0.05) is 16.6 Å². The molecular weight excluding hydrogens is 274 g/mol. The van der Waals surface area contributed by atoms with E-state index in [1.807, 2.05) is 0 Å². The zero-order valence-electron chi connectivity index (χ0n) is 9.37. The predicted molar refractivity (Wildman–Crippen MR) is 55.8 cm³/mol. The Hall–Kier alpha value is -1.99. The maximum absolute atomic E-state index is 13.4. The number of aromatic nitrogens is 1. The van der Waals surface area contributed by atoms with Gasteiger partial charge in [-0.25, -0.2) is 18.2 Å². The molecule has 1 heterocycles. The van der Waals surface area contributed by atoms with E-state index in [1.165, 1.54) is 0 Å². The van der Waals surface area contributed by atoms with Gasteiger partial charge in [-0.2, -0.15) is 13.2 Å². The van der Waals surface area contributed by atoms with Crippen molar-refractivity contribution in [2.75, 3.05) is 5.73 Å². The maximum atomic E-state index is 13.4. The third kappa shape index (κ3) is 1.96. The van der Waals surface area contributed by atoms with Gasteiger partial charge in [-0.1, -0.05) is 0 Å². The van der Waals surface area contributed by atoms with E-state index >= 15 is 0 Å². The Morgan fingerprint density at radius 2 is 1.68 bits per heavy atom. The quantitative estimate of drug-likeness (QED) is 0.592. The number of pyridine rings is 1. The second kappa shape index (κ2) is 4.01. The minimum Gasteiger partial charge on any atom is -0.398 e. The zero-order chi connectivity index (χ0) is 14.5. The molecular formula is C11H6F6N2. The van der Waals surface area contributed by atoms with Crippen LogP contribution < -0.4 is 5.73 Å². The third-order valence-corrected chi connectivity index (χ3v) is 2.68. The number of benzene rings is 1. The molecule has 0 aliphatic rings. The first-order valence-electron chi connectivity index (χ1n) is 4.95. The van der Waals surface area contributed by atoms with E-state index in [-0.39, 0.29) is 0 Å². The van der Waals surface area contributed by atoms with Crippen molar-refractivity contribution in [1.29, 1.82) is 0 Å². The monoisotopic (exact) mass is 280 g/mol. The van der Waals surface area contributed by atoms with E-state index in [1.54, 1.807) is 0 Å². The van der Waals surface area contributed by atoms with Crippen LogP contribution >= 0.6 is 0 Å². The van der Waals surface area contributed by atoms with E-state index in [0.717, 1.165) is 6.92 Å². The molecule has 19 heavy (non-hydrogen) atoms. The maximum Gasteiger partial charge on any atom is 0.433 e. The van der Waals surface area contributed by atoms with Crippen molar-refractivity contribution in [3.8, 4) is 0 Å². The van der Waals surface area contributed by atoms with Crippen molar-refractivity contribution in [3.63, 3.8) is 0 Å². The molecule has 8 heteroatoms. The molecule has 0 bridgehead atoms. The van der Waals surface area contributed by atoms with Crippen molar-refractivity contribution in [3.05, 3.63) is 34.8 Å². The molecule has 0 atom stereocenters. The van der Waals surface area contributed by atoms with E-state index in [2.05, 4.69) is 4.98 Å². The molecule has 102 valence electrons. The molecule has 0 unspecified atom stereocenters. The second-order valence-electron chi connectivity index (χ2n) is 3.88. The molecule has 2 N–H and O–H groups in total. The number of hydrogen-bond acceptors (Lipinski definition) is 2. The number of anilines is 1. The van der Waals surface area contributed by atoms with Crippen LogP contribution in [0.25, 0.3) is 10.9 Å². The first-order chi connectivity index (χ1) is 8.64. The second-order valence-corrected chi connectivity index (χ2v) is 3.88. The number of nitrogens with two attached hydrogens (primary N) is 1. The number of rotatable bonds is 0. The van der Waals surface area contributed by atoms with Crippen LogP contribution in [0, 0.1) is 24.4 Å². The predicted octanol–water partition coefficient (Wildman–Crippen LogP) is 3.56. The molecule has 0 amide bonds. The number of hydrogen-bond donors (Lipinski definition) is 1. The van der Waals surface area contributed by atoms with Gasteiger partial charge in [0.05, 0.1) is 0 Å². The van der Waals surface area contributed by atoms with Crippen LogP contribution in [0.1, 0.15) is 11.3 Å². The van der Waals surface area contributed by atoms with Crippen LogP contribution in [-0.4, -0.2) is 4.98 Å². The zero-order valence-corrected chi connectivity index (χ0v) is 9.37. The highest BCUT2D eigenvalue weighted by atomic mass is 19.4. The molecule has 1 aromatic heterocycles. The molecule has 2 rings (SSSR count). The molecule has 0 spiro atoms. The highest BCUT2D eigenvalue weighted by molar-refractivity contribution is 5.92. The summed E-state index contributed by atoms with van der Waals surface area (Å²) in [5.74, 6) is -5.23. The summed E-state index contributed by atoms with van der Waals surface area (Å²) in [7, 11) is 0. The molecule has 1 aromatic carbocycles.